The first-order valence-electron chi connectivity index (χ1n) is 14.4. The van der Waals surface area contributed by atoms with E-state index in [0.29, 0.717) is 25.2 Å². The maximum atomic E-state index is 14.0. The van der Waals surface area contributed by atoms with Crippen LogP contribution in [0, 0.1) is 52.3 Å². The van der Waals surface area contributed by atoms with Crippen molar-refractivity contribution in [1.82, 2.24) is 0 Å². The normalized spacial score (nSPS) is 41.6. The predicted molar refractivity (Wildman–Crippen MR) is 143 cm³/mol. The summed E-state index contributed by atoms with van der Waals surface area (Å²) in [7, 11) is -9.26. The van der Waals surface area contributed by atoms with E-state index in [4.69, 9.17) is 8.37 Å². The Morgan fingerprint density at radius 1 is 0.923 bits per heavy atom. The summed E-state index contributed by atoms with van der Waals surface area (Å²) in [5, 5.41) is 11.1. The first-order valence-corrected chi connectivity index (χ1v) is 17.2. The van der Waals surface area contributed by atoms with Crippen LogP contribution in [0.1, 0.15) is 91.9 Å². The summed E-state index contributed by atoms with van der Waals surface area (Å²) in [6, 6.07) is 0. The predicted octanol–water partition coefficient (Wildman–Crippen LogP) is 4.25. The summed E-state index contributed by atoms with van der Waals surface area (Å²) in [4.78, 5) is 14.0. The van der Waals surface area contributed by atoms with Crippen molar-refractivity contribution < 1.29 is 44.2 Å². The average Bonchev–Trinajstić information content (AvgIpc) is 3.12. The lowest BCUT2D eigenvalue weighted by molar-refractivity contribution is -0.179. The van der Waals surface area contributed by atoms with Crippen LogP contribution in [0.2, 0.25) is 0 Å². The van der Waals surface area contributed by atoms with Crippen molar-refractivity contribution in [3.05, 3.63) is 0 Å². The quantitative estimate of drug-likeness (QED) is 0.312. The van der Waals surface area contributed by atoms with E-state index in [1.54, 1.807) is 0 Å². The number of ketones is 1. The van der Waals surface area contributed by atoms with Gasteiger partial charge in [-0.1, -0.05) is 40.5 Å². The van der Waals surface area contributed by atoms with Gasteiger partial charge < -0.3 is 5.11 Å². The minimum atomic E-state index is -4.70. The molecule has 0 bridgehead atoms. The fraction of sp³-hybridized carbons (Fsp3) is 0.963. The van der Waals surface area contributed by atoms with Crippen molar-refractivity contribution >= 4 is 26.6 Å². The summed E-state index contributed by atoms with van der Waals surface area (Å²) >= 11 is 0. The molecule has 0 aromatic carbocycles. The SMILES string of the molecule is CC(C)CCC[C@@H](COS(=O)(=O)O)[C@H]1CC[C@H]2[C@@H]3CC[C@@H]4[C@H](O)[C@H](OS(=O)(=O)O)CC[C@]4(C)[C@@H]3C(=O)C[C@]12C. The van der Waals surface area contributed by atoms with Crippen molar-refractivity contribution in [3.63, 3.8) is 0 Å². The van der Waals surface area contributed by atoms with Crippen LogP contribution in [0.5, 0.6) is 0 Å². The number of fused-ring (bicyclic) bond motifs is 5. The summed E-state index contributed by atoms with van der Waals surface area (Å²) in [5.41, 5.74) is -0.806. The Kier molecular flexibility index (Phi) is 9.01. The van der Waals surface area contributed by atoms with Crippen LogP contribution in [0.25, 0.3) is 0 Å². The van der Waals surface area contributed by atoms with Crippen molar-refractivity contribution in [1.29, 1.82) is 0 Å². The fourth-order valence-electron chi connectivity index (χ4n) is 9.55. The molecule has 0 aliphatic heterocycles. The van der Waals surface area contributed by atoms with Crippen LogP contribution >= 0.6 is 0 Å². The van der Waals surface area contributed by atoms with Crippen molar-refractivity contribution in [2.75, 3.05) is 6.61 Å². The van der Waals surface area contributed by atoms with Gasteiger partial charge in [0.2, 0.25) is 0 Å². The topological polar surface area (TPSA) is 164 Å². The van der Waals surface area contributed by atoms with Gasteiger partial charge in [0, 0.05) is 12.3 Å². The molecule has 10 atom stereocenters. The Morgan fingerprint density at radius 3 is 2.21 bits per heavy atom. The third-order valence-corrected chi connectivity index (χ3v) is 12.0. The molecule has 0 amide bonds. The average molecular weight is 595 g/mol. The molecule has 0 radical (unpaired) electrons. The van der Waals surface area contributed by atoms with Crippen molar-refractivity contribution in [2.45, 2.75) is 104 Å². The summed E-state index contributed by atoms with van der Waals surface area (Å²) in [6.07, 6.45) is 4.87. The second-order valence-corrected chi connectivity index (χ2v) is 15.8. The molecule has 4 fully saturated rings. The lowest BCUT2D eigenvalue weighted by atomic mass is 9.43. The molecule has 39 heavy (non-hydrogen) atoms. The lowest BCUT2D eigenvalue weighted by Gasteiger charge is -2.61. The largest absolute Gasteiger partial charge is 0.397 e. The monoisotopic (exact) mass is 594 g/mol. The lowest BCUT2D eigenvalue weighted by Crippen LogP contribution is -2.61. The van der Waals surface area contributed by atoms with Gasteiger partial charge in [-0.15, -0.1) is 0 Å². The number of carbonyl (C=O) groups is 1. The van der Waals surface area contributed by atoms with Gasteiger partial charge in [-0.3, -0.25) is 13.9 Å². The zero-order valence-corrected chi connectivity index (χ0v) is 25.1. The number of aliphatic hydroxyl groups is 1. The first kappa shape index (κ1) is 31.3. The minimum absolute atomic E-state index is 0.0900. The van der Waals surface area contributed by atoms with Crippen molar-refractivity contribution in [3.8, 4) is 0 Å². The molecule has 10 nitrogen and oxygen atoms in total. The van der Waals surface area contributed by atoms with E-state index in [1.165, 1.54) is 0 Å². The van der Waals surface area contributed by atoms with Gasteiger partial charge in [-0.25, -0.2) is 8.37 Å². The first-order chi connectivity index (χ1) is 18.0. The summed E-state index contributed by atoms with van der Waals surface area (Å²) in [5.74, 6) is 0.526. The smallest absolute Gasteiger partial charge is 0.390 e. The molecule has 226 valence electrons. The second kappa shape index (κ2) is 11.2. The molecule has 3 N–H and O–H groups in total. The number of hydrogen-bond donors (Lipinski definition) is 3. The molecular formula is C27H46O10S2. The van der Waals surface area contributed by atoms with E-state index in [1.807, 2.05) is 6.92 Å². The van der Waals surface area contributed by atoms with Gasteiger partial charge in [-0.05, 0) is 91.3 Å². The number of hydrogen-bond acceptors (Lipinski definition) is 8. The standard InChI is InChI=1S/C27H46O10S2/c1-16(2)6-5-7-17(15-36-38(30,31)32)19-10-11-20-18-8-9-21-25(29)23(37-39(33,34)35)12-13-26(21,3)24(18)22(28)14-27(19,20)4/h16-21,23-25,29H,5-15H2,1-4H3,(H,30,31,32)(H,33,34,35)/t17-,18-,19+,20-,21+,23+,24-,25-,26-,27+/m0/s1. The van der Waals surface area contributed by atoms with Crippen LogP contribution in [0.3, 0.4) is 0 Å². The number of Topliss-reactive ketones (excluding diaryl/α,β-unsaturated/α-hetero) is 1. The molecule has 4 rings (SSSR count). The highest BCUT2D eigenvalue weighted by Gasteiger charge is 2.65. The Balaban J connectivity index is 1.56. The zero-order chi connectivity index (χ0) is 29.0. The molecule has 0 aromatic rings. The van der Waals surface area contributed by atoms with Crippen LogP contribution < -0.4 is 0 Å². The fourth-order valence-corrected chi connectivity index (χ4v) is 10.4. The van der Waals surface area contributed by atoms with Crippen LogP contribution in [-0.4, -0.2) is 55.6 Å². The van der Waals surface area contributed by atoms with Gasteiger partial charge in [0.25, 0.3) is 0 Å². The zero-order valence-electron chi connectivity index (χ0n) is 23.5. The Labute approximate surface area is 233 Å². The molecule has 4 aliphatic carbocycles. The molecule has 0 aromatic heterocycles. The van der Waals surface area contributed by atoms with E-state index in [2.05, 4.69) is 20.8 Å². The summed E-state index contributed by atoms with van der Waals surface area (Å²) < 4.78 is 73.7. The van der Waals surface area contributed by atoms with Crippen LogP contribution in [0.15, 0.2) is 0 Å². The Morgan fingerprint density at radius 2 is 1.59 bits per heavy atom. The second-order valence-electron chi connectivity index (χ2n) is 13.7. The minimum Gasteiger partial charge on any atom is -0.390 e. The van der Waals surface area contributed by atoms with Gasteiger partial charge >= 0.3 is 20.8 Å². The van der Waals surface area contributed by atoms with Gasteiger partial charge in [-0.2, -0.15) is 16.8 Å². The number of carbonyl (C=O) groups excluding carboxylic acids is 1. The molecule has 0 heterocycles. The highest BCUT2D eigenvalue weighted by molar-refractivity contribution is 7.81. The van der Waals surface area contributed by atoms with E-state index >= 15 is 0 Å². The molecule has 4 saturated carbocycles. The molecular weight excluding hydrogens is 548 g/mol. The van der Waals surface area contributed by atoms with E-state index in [9.17, 15) is 35.8 Å². The van der Waals surface area contributed by atoms with Crippen molar-refractivity contribution in [2.24, 2.45) is 52.3 Å². The molecule has 0 unspecified atom stereocenters. The van der Waals surface area contributed by atoms with E-state index in [0.717, 1.165) is 38.5 Å². The molecule has 4 aliphatic rings. The van der Waals surface area contributed by atoms with Gasteiger partial charge in [0.1, 0.15) is 11.9 Å². The van der Waals surface area contributed by atoms with Gasteiger partial charge in [0.05, 0.1) is 12.7 Å². The number of aliphatic hydroxyl groups excluding tert-OH is 1. The molecule has 0 spiro atoms. The number of rotatable bonds is 10. The molecule has 12 heteroatoms. The van der Waals surface area contributed by atoms with Gasteiger partial charge in [0.15, 0.2) is 0 Å². The van der Waals surface area contributed by atoms with Crippen LogP contribution in [0.4, 0.5) is 0 Å². The van der Waals surface area contributed by atoms with E-state index < -0.39 is 38.4 Å². The maximum Gasteiger partial charge on any atom is 0.397 e. The van der Waals surface area contributed by atoms with E-state index in [-0.39, 0.29) is 59.7 Å². The maximum absolute atomic E-state index is 14.0. The highest BCUT2D eigenvalue weighted by Crippen LogP contribution is 2.67. The third kappa shape index (κ3) is 6.41. The summed E-state index contributed by atoms with van der Waals surface area (Å²) in [6.45, 7) is 8.42. The Bertz CT molecular complexity index is 1120. The third-order valence-electron chi connectivity index (χ3n) is 11.1. The van der Waals surface area contributed by atoms with Crippen LogP contribution in [-0.2, 0) is 34.0 Å². The highest BCUT2D eigenvalue weighted by atomic mass is 32.3. The Hall–Kier alpha value is -0.630. The molecule has 0 saturated heterocycles.